The lowest BCUT2D eigenvalue weighted by Gasteiger charge is -2.32. The fourth-order valence-corrected chi connectivity index (χ4v) is 4.66. The number of phenols is 1. The van der Waals surface area contributed by atoms with Crippen molar-refractivity contribution in [1.29, 1.82) is 0 Å². The highest BCUT2D eigenvalue weighted by Crippen LogP contribution is 2.47. The standard InChI is InChI=1S/C22H32NOP/c1-7-22(6,18-13-8-9-14-19(18)24)25-20-16(2)11-10-12-17(20)15-23-21(3,4)5/h8-14,23-25H,7,15H2,1-6H3. The molecule has 0 aromatic heterocycles. The monoisotopic (exact) mass is 357 g/mol. The van der Waals surface area contributed by atoms with E-state index in [4.69, 9.17) is 0 Å². The van der Waals surface area contributed by atoms with Gasteiger partial charge in [0.15, 0.2) is 0 Å². The van der Waals surface area contributed by atoms with E-state index >= 15 is 0 Å². The van der Waals surface area contributed by atoms with Crippen molar-refractivity contribution in [3.05, 3.63) is 59.2 Å². The van der Waals surface area contributed by atoms with E-state index in [1.165, 1.54) is 16.4 Å². The van der Waals surface area contributed by atoms with Crippen LogP contribution in [0, 0.1) is 6.92 Å². The molecule has 136 valence electrons. The first kappa shape index (κ1) is 19.9. The molecule has 0 heterocycles. The summed E-state index contributed by atoms with van der Waals surface area (Å²) in [5, 5.41) is 15.4. The quantitative estimate of drug-likeness (QED) is 0.695. The van der Waals surface area contributed by atoms with Crippen LogP contribution < -0.4 is 10.6 Å². The second-order valence-corrected chi connectivity index (χ2v) is 9.89. The van der Waals surface area contributed by atoms with Crippen LogP contribution in [0.25, 0.3) is 0 Å². The lowest BCUT2D eigenvalue weighted by atomic mass is 9.96. The lowest BCUT2D eigenvalue weighted by Crippen LogP contribution is -2.36. The van der Waals surface area contributed by atoms with Crippen LogP contribution in [0.5, 0.6) is 5.75 Å². The number of aryl methyl sites for hydroxylation is 1. The minimum atomic E-state index is -0.0616. The first-order valence-corrected chi connectivity index (χ1v) is 10.1. The Labute approximate surface area is 154 Å². The van der Waals surface area contributed by atoms with Gasteiger partial charge in [0, 0.05) is 22.8 Å². The summed E-state index contributed by atoms with van der Waals surface area (Å²) in [5.74, 6) is 0.405. The van der Waals surface area contributed by atoms with Crippen LogP contribution in [-0.4, -0.2) is 10.6 Å². The molecule has 2 nitrogen and oxygen atoms in total. The number of hydrogen-bond acceptors (Lipinski definition) is 2. The first-order valence-electron chi connectivity index (χ1n) is 9.06. The Morgan fingerprint density at radius 2 is 1.68 bits per heavy atom. The highest BCUT2D eigenvalue weighted by atomic mass is 31.1. The number of nitrogens with one attached hydrogen (secondary N) is 1. The molecule has 2 N–H and O–H groups in total. The molecule has 0 amide bonds. The Kier molecular flexibility index (Phi) is 6.30. The van der Waals surface area contributed by atoms with Gasteiger partial charge in [0.05, 0.1) is 0 Å². The van der Waals surface area contributed by atoms with E-state index in [9.17, 15) is 5.11 Å². The lowest BCUT2D eigenvalue weighted by molar-refractivity contribution is 0.425. The third-order valence-corrected chi connectivity index (χ3v) is 6.91. The van der Waals surface area contributed by atoms with Crippen molar-refractivity contribution in [2.24, 2.45) is 0 Å². The van der Waals surface area contributed by atoms with Crippen LogP contribution in [0.4, 0.5) is 0 Å². The largest absolute Gasteiger partial charge is 0.508 e. The minimum Gasteiger partial charge on any atom is -0.508 e. The van der Waals surface area contributed by atoms with Crippen LogP contribution in [0.15, 0.2) is 42.5 Å². The van der Waals surface area contributed by atoms with E-state index in [-0.39, 0.29) is 10.7 Å². The molecule has 0 aliphatic rings. The Morgan fingerprint density at radius 1 is 1.00 bits per heavy atom. The predicted molar refractivity (Wildman–Crippen MR) is 111 cm³/mol. The van der Waals surface area contributed by atoms with Crippen molar-refractivity contribution in [2.45, 2.75) is 65.2 Å². The van der Waals surface area contributed by atoms with Crippen LogP contribution in [-0.2, 0) is 11.7 Å². The van der Waals surface area contributed by atoms with Gasteiger partial charge in [-0.1, -0.05) is 58.8 Å². The van der Waals surface area contributed by atoms with Gasteiger partial charge in [-0.25, -0.2) is 0 Å². The summed E-state index contributed by atoms with van der Waals surface area (Å²) >= 11 is 0. The number of rotatable bonds is 6. The maximum Gasteiger partial charge on any atom is 0.119 e. The van der Waals surface area contributed by atoms with Gasteiger partial charge in [-0.2, -0.15) is 0 Å². The second kappa shape index (κ2) is 7.89. The number of para-hydroxylation sites is 1. The van der Waals surface area contributed by atoms with Gasteiger partial charge in [-0.3, -0.25) is 0 Å². The zero-order valence-corrected chi connectivity index (χ0v) is 17.4. The molecule has 0 bridgehead atoms. The smallest absolute Gasteiger partial charge is 0.119 e. The fourth-order valence-electron chi connectivity index (χ4n) is 2.98. The summed E-state index contributed by atoms with van der Waals surface area (Å²) in [4.78, 5) is 0. The molecular formula is C22H32NOP. The maximum atomic E-state index is 10.4. The highest BCUT2D eigenvalue weighted by Gasteiger charge is 2.29. The molecule has 2 rings (SSSR count). The molecule has 0 saturated heterocycles. The van der Waals surface area contributed by atoms with Crippen molar-refractivity contribution in [1.82, 2.24) is 5.32 Å². The molecule has 0 fully saturated rings. The summed E-state index contributed by atoms with van der Waals surface area (Å²) in [5.41, 5.74) is 3.84. The van der Waals surface area contributed by atoms with Gasteiger partial charge < -0.3 is 10.4 Å². The average Bonchev–Trinajstić information content (AvgIpc) is 2.55. The number of phenolic OH excluding ortho intramolecular Hbond substituents is 1. The van der Waals surface area contributed by atoms with Crippen molar-refractivity contribution in [3.8, 4) is 5.75 Å². The Hall–Kier alpha value is -1.37. The number of aromatic hydroxyl groups is 1. The Morgan fingerprint density at radius 3 is 2.28 bits per heavy atom. The van der Waals surface area contributed by atoms with Crippen molar-refractivity contribution >= 4 is 13.9 Å². The molecule has 25 heavy (non-hydrogen) atoms. The summed E-state index contributed by atoms with van der Waals surface area (Å²) in [6.45, 7) is 14.1. The fraction of sp³-hybridized carbons (Fsp3) is 0.455. The molecule has 0 saturated carbocycles. The van der Waals surface area contributed by atoms with Crippen LogP contribution in [0.1, 0.15) is 57.7 Å². The molecule has 2 unspecified atom stereocenters. The molecular weight excluding hydrogens is 325 g/mol. The molecule has 2 aromatic carbocycles. The summed E-state index contributed by atoms with van der Waals surface area (Å²) in [6, 6.07) is 14.4. The molecule has 3 heteroatoms. The zero-order chi connectivity index (χ0) is 18.7. The number of benzene rings is 2. The SMILES string of the molecule is CCC(C)(Pc1c(C)cccc1CNC(C)(C)C)c1ccccc1O. The molecule has 0 aliphatic heterocycles. The third-order valence-electron chi connectivity index (χ3n) is 4.77. The summed E-state index contributed by atoms with van der Waals surface area (Å²) < 4.78 is 0. The molecule has 0 spiro atoms. The Balaban J connectivity index is 2.39. The van der Waals surface area contributed by atoms with Crippen LogP contribution >= 0.6 is 8.58 Å². The van der Waals surface area contributed by atoms with Gasteiger partial charge in [0.25, 0.3) is 0 Å². The van der Waals surface area contributed by atoms with Gasteiger partial charge >= 0.3 is 0 Å². The van der Waals surface area contributed by atoms with Gasteiger partial charge in [-0.05, 0) is 56.6 Å². The topological polar surface area (TPSA) is 32.3 Å². The van der Waals surface area contributed by atoms with E-state index in [2.05, 4.69) is 71.1 Å². The minimum absolute atomic E-state index is 0.0616. The van der Waals surface area contributed by atoms with Gasteiger partial charge in [0.2, 0.25) is 0 Å². The highest BCUT2D eigenvalue weighted by molar-refractivity contribution is 7.48. The van der Waals surface area contributed by atoms with E-state index in [1.807, 2.05) is 12.1 Å². The summed E-state index contributed by atoms with van der Waals surface area (Å²) in [7, 11) is 0.613. The van der Waals surface area contributed by atoms with Crippen LogP contribution in [0.3, 0.4) is 0 Å². The van der Waals surface area contributed by atoms with Gasteiger partial charge in [-0.15, -0.1) is 0 Å². The van der Waals surface area contributed by atoms with Gasteiger partial charge in [0.1, 0.15) is 5.75 Å². The van der Waals surface area contributed by atoms with Crippen molar-refractivity contribution in [2.75, 3.05) is 0 Å². The summed E-state index contributed by atoms with van der Waals surface area (Å²) in [6.07, 6.45) is 0.990. The molecule has 2 aromatic rings. The predicted octanol–water partition coefficient (Wildman–Crippen LogP) is 5.22. The van der Waals surface area contributed by atoms with Crippen molar-refractivity contribution < 1.29 is 5.11 Å². The van der Waals surface area contributed by atoms with E-state index in [1.54, 1.807) is 6.07 Å². The molecule has 0 aliphatic carbocycles. The molecule has 2 atom stereocenters. The van der Waals surface area contributed by atoms with E-state index in [0.29, 0.717) is 14.3 Å². The maximum absolute atomic E-state index is 10.4. The first-order chi connectivity index (χ1) is 11.7. The van der Waals surface area contributed by atoms with Crippen LogP contribution in [0.2, 0.25) is 0 Å². The number of hydrogen-bond donors (Lipinski definition) is 2. The second-order valence-electron chi connectivity index (χ2n) is 8.04. The van der Waals surface area contributed by atoms with E-state index in [0.717, 1.165) is 18.5 Å². The third kappa shape index (κ3) is 5.06. The molecule has 0 radical (unpaired) electrons. The average molecular weight is 357 g/mol. The van der Waals surface area contributed by atoms with E-state index < -0.39 is 0 Å². The Bertz CT molecular complexity index is 720. The van der Waals surface area contributed by atoms with Crippen molar-refractivity contribution in [3.63, 3.8) is 0 Å². The normalized spacial score (nSPS) is 14.8. The zero-order valence-electron chi connectivity index (χ0n) is 16.4.